The maximum Gasteiger partial charge on any atom is 0.275 e. The Labute approximate surface area is 261 Å². The lowest BCUT2D eigenvalue weighted by Gasteiger charge is -2.40. The highest BCUT2D eigenvalue weighted by Crippen LogP contribution is 2.43. The zero-order valence-electron chi connectivity index (χ0n) is 25.4. The SMILES string of the molecule is Cc1occc1C(=O)Nc1ccc(C(=O)N2CCC(F)(F)C(=CC(=O)N3CCC(N4CCCCC4)CC3)c3ccccc32)cc1. The molecule has 2 fully saturated rings. The predicted molar refractivity (Wildman–Crippen MR) is 169 cm³/mol. The molecule has 10 heteroatoms. The number of para-hydroxylation sites is 1. The average Bonchev–Trinajstić information content (AvgIpc) is 3.46. The molecule has 2 saturated heterocycles. The average molecular weight is 617 g/mol. The molecule has 3 aliphatic rings. The zero-order chi connectivity index (χ0) is 31.6. The van der Waals surface area contributed by atoms with Gasteiger partial charge in [0.1, 0.15) is 5.76 Å². The number of likely N-dealkylation sites (tertiary alicyclic amines) is 2. The summed E-state index contributed by atoms with van der Waals surface area (Å²) in [5, 5.41) is 2.77. The Kier molecular flexibility index (Phi) is 8.85. The fourth-order valence-electron chi connectivity index (χ4n) is 6.66. The van der Waals surface area contributed by atoms with Crippen LogP contribution in [-0.2, 0) is 4.79 Å². The van der Waals surface area contributed by atoms with E-state index in [0.717, 1.165) is 32.0 Å². The van der Waals surface area contributed by atoms with Crippen LogP contribution in [0.15, 0.2) is 71.4 Å². The monoisotopic (exact) mass is 616 g/mol. The molecule has 45 heavy (non-hydrogen) atoms. The van der Waals surface area contributed by atoms with E-state index in [1.807, 2.05) is 0 Å². The Morgan fingerprint density at radius 2 is 1.62 bits per heavy atom. The maximum absolute atomic E-state index is 15.8. The van der Waals surface area contributed by atoms with Gasteiger partial charge < -0.3 is 24.4 Å². The summed E-state index contributed by atoms with van der Waals surface area (Å²) in [6, 6.07) is 14.8. The van der Waals surface area contributed by atoms with Crippen molar-refractivity contribution in [2.75, 3.05) is 42.9 Å². The van der Waals surface area contributed by atoms with Gasteiger partial charge in [0.05, 0.1) is 17.5 Å². The van der Waals surface area contributed by atoms with Gasteiger partial charge in [-0.05, 0) is 82.1 Å². The molecule has 2 aromatic carbocycles. The summed E-state index contributed by atoms with van der Waals surface area (Å²) in [6.07, 6.45) is 7.26. The van der Waals surface area contributed by atoms with Crippen molar-refractivity contribution in [1.29, 1.82) is 0 Å². The van der Waals surface area contributed by atoms with Crippen molar-refractivity contribution >= 4 is 34.7 Å². The molecule has 0 bridgehead atoms. The number of carbonyl (C=O) groups excluding carboxylic acids is 3. The summed E-state index contributed by atoms with van der Waals surface area (Å²) in [7, 11) is 0. The minimum Gasteiger partial charge on any atom is -0.469 e. The van der Waals surface area contributed by atoms with E-state index in [1.165, 1.54) is 30.4 Å². The largest absolute Gasteiger partial charge is 0.469 e. The minimum absolute atomic E-state index is 0.171. The molecule has 3 aromatic rings. The number of benzene rings is 2. The second-order valence-electron chi connectivity index (χ2n) is 12.1. The third-order valence-electron chi connectivity index (χ3n) is 9.22. The predicted octanol–water partition coefficient (Wildman–Crippen LogP) is 6.39. The first-order chi connectivity index (χ1) is 21.7. The smallest absolute Gasteiger partial charge is 0.275 e. The second-order valence-corrected chi connectivity index (χ2v) is 12.1. The number of halogens is 2. The number of amides is 3. The number of furan rings is 1. The number of fused-ring (bicyclic) bond motifs is 1. The lowest BCUT2D eigenvalue weighted by atomic mass is 9.96. The molecule has 0 aliphatic carbocycles. The molecular weight excluding hydrogens is 578 g/mol. The summed E-state index contributed by atoms with van der Waals surface area (Å²) in [5.74, 6) is -4.03. The van der Waals surface area contributed by atoms with Gasteiger partial charge in [0.2, 0.25) is 5.91 Å². The zero-order valence-corrected chi connectivity index (χ0v) is 25.4. The van der Waals surface area contributed by atoms with E-state index in [0.29, 0.717) is 41.8 Å². The molecule has 0 unspecified atom stereocenters. The second kappa shape index (κ2) is 13.0. The topological polar surface area (TPSA) is 86.1 Å². The normalized spacial score (nSPS) is 20.0. The van der Waals surface area contributed by atoms with Crippen LogP contribution in [0.25, 0.3) is 5.57 Å². The minimum atomic E-state index is -3.31. The number of anilines is 2. The molecule has 4 heterocycles. The van der Waals surface area contributed by atoms with E-state index in [9.17, 15) is 14.4 Å². The standard InChI is InChI=1S/C35H38F2N4O4/c1-24-28(15-22-45-24)33(43)38-26-11-9-25(10-12-26)34(44)41-21-16-35(36,37)30(29-7-3-4-8-31(29)41)23-32(42)40-19-13-27(14-20-40)39-17-5-2-6-18-39/h3-4,7-12,15,22-23,27H,2,5-6,13-14,16-21H2,1H3,(H,38,43). The molecule has 236 valence electrons. The van der Waals surface area contributed by atoms with Crippen LogP contribution in [0, 0.1) is 6.92 Å². The highest BCUT2D eigenvalue weighted by atomic mass is 19.3. The van der Waals surface area contributed by atoms with Crippen molar-refractivity contribution in [1.82, 2.24) is 9.80 Å². The molecule has 0 atom stereocenters. The number of alkyl halides is 2. The molecular formula is C35H38F2N4O4. The highest BCUT2D eigenvalue weighted by molar-refractivity contribution is 6.10. The van der Waals surface area contributed by atoms with Crippen molar-refractivity contribution in [3.05, 3.63) is 89.4 Å². The number of rotatable bonds is 5. The van der Waals surface area contributed by atoms with Crippen LogP contribution in [0.1, 0.15) is 70.6 Å². The van der Waals surface area contributed by atoms with Crippen LogP contribution >= 0.6 is 0 Å². The van der Waals surface area contributed by atoms with Crippen molar-refractivity contribution in [2.45, 2.75) is 57.4 Å². The van der Waals surface area contributed by atoms with Gasteiger partial charge in [0.15, 0.2) is 0 Å². The van der Waals surface area contributed by atoms with Crippen LogP contribution < -0.4 is 10.2 Å². The van der Waals surface area contributed by atoms with Gasteiger partial charge in [-0.2, -0.15) is 0 Å². The Bertz CT molecular complexity index is 1580. The van der Waals surface area contributed by atoms with Crippen molar-refractivity contribution in [2.24, 2.45) is 0 Å². The molecule has 3 aliphatic heterocycles. The Balaban J connectivity index is 1.19. The molecule has 1 aromatic heterocycles. The van der Waals surface area contributed by atoms with Gasteiger partial charge in [-0.3, -0.25) is 14.4 Å². The third kappa shape index (κ3) is 6.56. The Morgan fingerprint density at radius 3 is 2.31 bits per heavy atom. The summed E-state index contributed by atoms with van der Waals surface area (Å²) < 4.78 is 36.7. The highest BCUT2D eigenvalue weighted by Gasteiger charge is 2.42. The quantitative estimate of drug-likeness (QED) is 0.336. The first-order valence-corrected chi connectivity index (χ1v) is 15.7. The first kappa shape index (κ1) is 30.7. The van der Waals surface area contributed by atoms with E-state index in [4.69, 9.17) is 4.42 Å². The van der Waals surface area contributed by atoms with Gasteiger partial charge in [0, 0.05) is 60.6 Å². The lowest BCUT2D eigenvalue weighted by molar-refractivity contribution is -0.127. The van der Waals surface area contributed by atoms with Crippen LogP contribution in [0.3, 0.4) is 0 Å². The van der Waals surface area contributed by atoms with Crippen LogP contribution in [0.2, 0.25) is 0 Å². The van der Waals surface area contributed by atoms with E-state index in [-0.39, 0.29) is 29.2 Å². The van der Waals surface area contributed by atoms with Crippen LogP contribution in [0.5, 0.6) is 0 Å². The summed E-state index contributed by atoms with van der Waals surface area (Å²) >= 11 is 0. The molecule has 0 saturated carbocycles. The van der Waals surface area contributed by atoms with Crippen LogP contribution in [0.4, 0.5) is 20.2 Å². The number of hydrogen-bond donors (Lipinski definition) is 1. The number of nitrogens with zero attached hydrogens (tertiary/aromatic N) is 3. The molecule has 8 nitrogen and oxygen atoms in total. The number of carbonyl (C=O) groups is 3. The maximum atomic E-state index is 15.8. The number of aryl methyl sites for hydroxylation is 1. The summed E-state index contributed by atoms with van der Waals surface area (Å²) in [5.41, 5.74) is 1.31. The van der Waals surface area contributed by atoms with Crippen molar-refractivity contribution < 1.29 is 27.6 Å². The van der Waals surface area contributed by atoms with E-state index in [1.54, 1.807) is 66.4 Å². The van der Waals surface area contributed by atoms with E-state index in [2.05, 4.69) is 10.2 Å². The van der Waals surface area contributed by atoms with Gasteiger partial charge >= 0.3 is 0 Å². The Morgan fingerprint density at radius 1 is 0.911 bits per heavy atom. The summed E-state index contributed by atoms with van der Waals surface area (Å²) in [6.45, 7) is 4.73. The molecule has 3 amide bonds. The van der Waals surface area contributed by atoms with Crippen molar-refractivity contribution in [3.8, 4) is 0 Å². The van der Waals surface area contributed by atoms with Crippen molar-refractivity contribution in [3.63, 3.8) is 0 Å². The fraction of sp³-hybridized carbons (Fsp3) is 0.400. The third-order valence-corrected chi connectivity index (χ3v) is 9.22. The van der Waals surface area contributed by atoms with Crippen LogP contribution in [-0.4, -0.2) is 72.2 Å². The number of allylic oxidation sites excluding steroid dienone is 1. The first-order valence-electron chi connectivity index (χ1n) is 15.7. The number of nitrogens with one attached hydrogen (secondary N) is 1. The lowest BCUT2D eigenvalue weighted by Crippen LogP contribution is -2.48. The van der Waals surface area contributed by atoms with Gasteiger partial charge in [-0.25, -0.2) is 8.78 Å². The van der Waals surface area contributed by atoms with E-state index >= 15 is 8.78 Å². The number of piperidine rings is 2. The molecule has 1 N–H and O–H groups in total. The van der Waals surface area contributed by atoms with Gasteiger partial charge in [0.25, 0.3) is 17.7 Å². The number of hydrogen-bond acceptors (Lipinski definition) is 5. The fourth-order valence-corrected chi connectivity index (χ4v) is 6.66. The summed E-state index contributed by atoms with van der Waals surface area (Å²) in [4.78, 5) is 45.2. The molecule has 0 radical (unpaired) electrons. The van der Waals surface area contributed by atoms with Gasteiger partial charge in [-0.15, -0.1) is 0 Å². The molecule has 6 rings (SSSR count). The van der Waals surface area contributed by atoms with Gasteiger partial charge in [-0.1, -0.05) is 24.6 Å². The van der Waals surface area contributed by atoms with E-state index < -0.39 is 24.2 Å². The Hall–Kier alpha value is -4.31. The molecule has 0 spiro atoms.